The molecule has 0 aliphatic heterocycles. The second-order valence-electron chi connectivity index (χ2n) is 13.1. The highest BCUT2D eigenvalue weighted by atomic mass is 15.0. The zero-order valence-electron chi connectivity index (χ0n) is 28.9. The maximum absolute atomic E-state index is 5.10. The average Bonchev–Trinajstić information content (AvgIpc) is 3.26. The zero-order valence-corrected chi connectivity index (χ0v) is 28.9. The maximum atomic E-state index is 5.10. The van der Waals surface area contributed by atoms with E-state index < -0.39 is 0 Å². The summed E-state index contributed by atoms with van der Waals surface area (Å²) in [6, 6.07) is 55.4. The number of hydrogen-bond donors (Lipinski definition) is 0. The van der Waals surface area contributed by atoms with E-state index in [4.69, 9.17) is 24.9 Å². The fraction of sp³-hybridized carbons (Fsp3) is 0. The van der Waals surface area contributed by atoms with E-state index in [1.54, 1.807) is 12.4 Å². The maximum Gasteiger partial charge on any atom is 0.164 e. The number of aromatic nitrogens is 7. The molecule has 0 saturated heterocycles. The van der Waals surface area contributed by atoms with Crippen LogP contribution in [-0.2, 0) is 0 Å². The SMILES string of the molecule is c1ccc(-c2nc3ccc(-c4ccc(-c5nc(-c6ccc7ccccc7c6)nc(-c6ccc7ccccc7c6)n5)cc4)cc3nc2-c2ccccn2)nc1. The standard InChI is InChI=1S/C47H29N7/c1-3-11-34-27-37(21-17-30(34)9-1)46-52-45(53-47(54-46)38-22-18-31-10-2-4-12-35(31)28-38)33-19-15-32(16-20-33)36-23-24-39-42(29-36)51-44(41-14-6-8-26-49-41)43(50-39)40-13-5-7-25-48-40/h1-29H. The molecule has 252 valence electrons. The van der Waals surface area contributed by atoms with E-state index in [1.807, 2.05) is 54.6 Å². The van der Waals surface area contributed by atoms with Crippen LogP contribution >= 0.6 is 0 Å². The van der Waals surface area contributed by atoms with E-state index in [-0.39, 0.29) is 0 Å². The van der Waals surface area contributed by atoms with Crippen molar-refractivity contribution in [3.05, 3.63) is 176 Å². The minimum atomic E-state index is 0.606. The summed E-state index contributed by atoms with van der Waals surface area (Å²) < 4.78 is 0. The van der Waals surface area contributed by atoms with Gasteiger partial charge in [0.05, 0.1) is 22.4 Å². The lowest BCUT2D eigenvalue weighted by atomic mass is 10.0. The predicted octanol–water partition coefficient (Wildman–Crippen LogP) is 10.9. The van der Waals surface area contributed by atoms with Crippen molar-refractivity contribution >= 4 is 32.6 Å². The van der Waals surface area contributed by atoms with Gasteiger partial charge in [-0.2, -0.15) is 0 Å². The first kappa shape index (κ1) is 31.2. The Hall–Kier alpha value is -7.51. The van der Waals surface area contributed by atoms with E-state index in [0.717, 1.165) is 61.0 Å². The van der Waals surface area contributed by atoms with Crippen LogP contribution in [0.1, 0.15) is 0 Å². The first-order valence-electron chi connectivity index (χ1n) is 17.7. The van der Waals surface area contributed by atoms with E-state index in [0.29, 0.717) is 28.9 Å². The van der Waals surface area contributed by atoms with Crippen molar-refractivity contribution in [2.45, 2.75) is 0 Å². The van der Waals surface area contributed by atoms with E-state index >= 15 is 0 Å². The van der Waals surface area contributed by atoms with Crippen molar-refractivity contribution in [3.63, 3.8) is 0 Å². The highest BCUT2D eigenvalue weighted by Gasteiger charge is 2.17. The molecule has 10 rings (SSSR count). The number of fused-ring (bicyclic) bond motifs is 3. The van der Waals surface area contributed by atoms with Crippen LogP contribution in [0.5, 0.6) is 0 Å². The van der Waals surface area contributed by atoms with Gasteiger partial charge in [0.1, 0.15) is 11.4 Å². The van der Waals surface area contributed by atoms with Gasteiger partial charge in [-0.1, -0.05) is 115 Å². The van der Waals surface area contributed by atoms with Gasteiger partial charge in [0.2, 0.25) is 0 Å². The Balaban J connectivity index is 1.05. The highest BCUT2D eigenvalue weighted by Crippen LogP contribution is 2.33. The smallest absolute Gasteiger partial charge is 0.164 e. The monoisotopic (exact) mass is 691 g/mol. The van der Waals surface area contributed by atoms with E-state index in [1.165, 1.54) is 10.8 Å². The number of hydrogen-bond acceptors (Lipinski definition) is 7. The second-order valence-corrected chi connectivity index (χ2v) is 13.1. The van der Waals surface area contributed by atoms with Gasteiger partial charge in [-0.3, -0.25) is 9.97 Å². The van der Waals surface area contributed by atoms with Crippen LogP contribution in [-0.4, -0.2) is 34.9 Å². The summed E-state index contributed by atoms with van der Waals surface area (Å²) in [4.78, 5) is 34.4. The Morgan fingerprint density at radius 3 is 1.26 bits per heavy atom. The van der Waals surface area contributed by atoms with Crippen molar-refractivity contribution in [1.29, 1.82) is 0 Å². The number of benzene rings is 6. The quantitative estimate of drug-likeness (QED) is 0.171. The molecule has 0 radical (unpaired) electrons. The second kappa shape index (κ2) is 13.2. The summed E-state index contributed by atoms with van der Waals surface area (Å²) in [5.74, 6) is 1.86. The third-order valence-corrected chi connectivity index (χ3v) is 9.61. The average molecular weight is 692 g/mol. The minimum Gasteiger partial charge on any atom is -0.255 e. The molecule has 4 aromatic heterocycles. The largest absolute Gasteiger partial charge is 0.255 e. The number of pyridine rings is 2. The van der Waals surface area contributed by atoms with Crippen LogP contribution in [0.25, 0.3) is 101 Å². The minimum absolute atomic E-state index is 0.606. The molecule has 0 spiro atoms. The summed E-state index contributed by atoms with van der Waals surface area (Å²) in [5.41, 5.74) is 9.24. The molecule has 0 saturated carbocycles. The summed E-state index contributed by atoms with van der Waals surface area (Å²) in [6.45, 7) is 0. The van der Waals surface area contributed by atoms with E-state index in [2.05, 4.69) is 119 Å². The highest BCUT2D eigenvalue weighted by molar-refractivity contribution is 5.90. The molecular weight excluding hydrogens is 663 g/mol. The van der Waals surface area contributed by atoms with Gasteiger partial charge in [-0.25, -0.2) is 24.9 Å². The molecule has 0 aliphatic rings. The molecule has 54 heavy (non-hydrogen) atoms. The summed E-state index contributed by atoms with van der Waals surface area (Å²) in [7, 11) is 0. The normalized spacial score (nSPS) is 11.3. The number of nitrogens with zero attached hydrogens (tertiary/aromatic N) is 7. The summed E-state index contributed by atoms with van der Waals surface area (Å²) >= 11 is 0. The zero-order chi connectivity index (χ0) is 35.8. The first-order chi connectivity index (χ1) is 26.7. The summed E-state index contributed by atoms with van der Waals surface area (Å²) in [5, 5.41) is 4.60. The Morgan fingerprint density at radius 1 is 0.278 bits per heavy atom. The lowest BCUT2D eigenvalue weighted by molar-refractivity contribution is 1.08. The van der Waals surface area contributed by atoms with Gasteiger partial charge in [-0.15, -0.1) is 0 Å². The first-order valence-corrected chi connectivity index (χ1v) is 17.7. The Morgan fingerprint density at radius 2 is 0.722 bits per heavy atom. The lowest BCUT2D eigenvalue weighted by Gasteiger charge is -2.11. The molecule has 7 nitrogen and oxygen atoms in total. The van der Waals surface area contributed by atoms with E-state index in [9.17, 15) is 0 Å². The van der Waals surface area contributed by atoms with Crippen LogP contribution in [0.15, 0.2) is 176 Å². The van der Waals surface area contributed by atoms with Crippen molar-refractivity contribution in [2.24, 2.45) is 0 Å². The van der Waals surface area contributed by atoms with Crippen molar-refractivity contribution in [2.75, 3.05) is 0 Å². The topological polar surface area (TPSA) is 90.2 Å². The van der Waals surface area contributed by atoms with Crippen LogP contribution in [0, 0.1) is 0 Å². The van der Waals surface area contributed by atoms with Crippen LogP contribution in [0.2, 0.25) is 0 Å². The van der Waals surface area contributed by atoms with Crippen LogP contribution in [0.3, 0.4) is 0 Å². The Labute approximate surface area is 310 Å². The Kier molecular flexibility index (Phi) is 7.66. The predicted molar refractivity (Wildman–Crippen MR) is 216 cm³/mol. The molecule has 7 heteroatoms. The van der Waals surface area contributed by atoms with Gasteiger partial charge in [0.25, 0.3) is 0 Å². The molecular formula is C47H29N7. The van der Waals surface area contributed by atoms with Gasteiger partial charge >= 0.3 is 0 Å². The number of rotatable bonds is 6. The molecule has 0 atom stereocenters. The lowest BCUT2D eigenvalue weighted by Crippen LogP contribution is -2.00. The molecule has 0 bridgehead atoms. The van der Waals surface area contributed by atoms with Crippen molar-refractivity contribution in [1.82, 2.24) is 34.9 Å². The van der Waals surface area contributed by atoms with Crippen molar-refractivity contribution in [3.8, 4) is 68.1 Å². The van der Waals surface area contributed by atoms with Crippen molar-refractivity contribution < 1.29 is 0 Å². The van der Waals surface area contributed by atoms with Crippen LogP contribution < -0.4 is 0 Å². The van der Waals surface area contributed by atoms with Gasteiger partial charge < -0.3 is 0 Å². The third-order valence-electron chi connectivity index (χ3n) is 9.61. The fourth-order valence-corrected chi connectivity index (χ4v) is 6.83. The van der Waals surface area contributed by atoms with Gasteiger partial charge in [0.15, 0.2) is 17.5 Å². The summed E-state index contributed by atoms with van der Waals surface area (Å²) in [6.07, 6.45) is 3.53. The molecule has 0 unspecified atom stereocenters. The molecule has 0 aliphatic carbocycles. The molecule has 10 aromatic rings. The van der Waals surface area contributed by atoms with Gasteiger partial charge in [-0.05, 0) is 81.2 Å². The fourth-order valence-electron chi connectivity index (χ4n) is 6.83. The van der Waals surface area contributed by atoms with Gasteiger partial charge in [0, 0.05) is 29.1 Å². The molecule has 6 aromatic carbocycles. The van der Waals surface area contributed by atoms with Crippen LogP contribution in [0.4, 0.5) is 0 Å². The molecule has 4 heterocycles. The third kappa shape index (κ3) is 5.89. The molecule has 0 N–H and O–H groups in total. The molecule has 0 fully saturated rings. The molecule has 0 amide bonds. The Bertz CT molecular complexity index is 2890.